The first kappa shape index (κ1) is 21.5. The van der Waals surface area contributed by atoms with E-state index in [-0.39, 0.29) is 5.56 Å². The zero-order valence-corrected chi connectivity index (χ0v) is 17.9. The molecule has 30 heavy (non-hydrogen) atoms. The smallest absolute Gasteiger partial charge is 0.254 e. The van der Waals surface area contributed by atoms with Crippen LogP contribution in [-0.2, 0) is 19.3 Å². The van der Waals surface area contributed by atoms with Gasteiger partial charge in [-0.2, -0.15) is 5.26 Å². The van der Waals surface area contributed by atoms with Gasteiger partial charge in [-0.25, -0.2) is 4.98 Å². The van der Waals surface area contributed by atoms with E-state index in [1.807, 2.05) is 48.5 Å². The first-order valence-corrected chi connectivity index (χ1v) is 10.9. The van der Waals surface area contributed by atoms with E-state index in [0.717, 1.165) is 66.7 Å². The zero-order valence-electron chi connectivity index (χ0n) is 17.9. The fourth-order valence-corrected chi connectivity index (χ4v) is 3.63. The normalized spacial score (nSPS) is 10.7. The molecular weight excluding hydrogens is 370 g/mol. The summed E-state index contributed by atoms with van der Waals surface area (Å²) in [7, 11) is 0. The molecule has 0 aliphatic carbocycles. The zero-order chi connectivity index (χ0) is 21.3. The van der Waals surface area contributed by atoms with Crippen LogP contribution in [0.3, 0.4) is 0 Å². The molecule has 0 aliphatic heterocycles. The summed E-state index contributed by atoms with van der Waals surface area (Å²) in [5.74, 6) is 0.775. The van der Waals surface area contributed by atoms with Crippen LogP contribution in [0.1, 0.15) is 67.7 Å². The topological polar surface area (TPSA) is 69.5 Å². The summed E-state index contributed by atoms with van der Waals surface area (Å²) >= 11 is 0. The van der Waals surface area contributed by atoms with Gasteiger partial charge < -0.3 is 4.98 Å². The van der Waals surface area contributed by atoms with Crippen molar-refractivity contribution < 1.29 is 0 Å². The van der Waals surface area contributed by atoms with Crippen molar-refractivity contribution in [3.8, 4) is 17.2 Å². The fourth-order valence-electron chi connectivity index (χ4n) is 3.63. The molecule has 0 unspecified atom stereocenters. The van der Waals surface area contributed by atoms with Crippen molar-refractivity contribution in [2.75, 3.05) is 0 Å². The maximum absolute atomic E-state index is 12.9. The van der Waals surface area contributed by atoms with Crippen molar-refractivity contribution in [1.82, 2.24) is 9.97 Å². The highest BCUT2D eigenvalue weighted by atomic mass is 16.1. The summed E-state index contributed by atoms with van der Waals surface area (Å²) in [4.78, 5) is 20.7. The monoisotopic (exact) mass is 399 g/mol. The molecule has 1 aromatic heterocycles. The van der Waals surface area contributed by atoms with Crippen molar-refractivity contribution >= 4 is 0 Å². The van der Waals surface area contributed by atoms with Crippen LogP contribution in [-0.4, -0.2) is 9.97 Å². The second kappa shape index (κ2) is 10.5. The predicted octanol–water partition coefficient (Wildman–Crippen LogP) is 5.58. The minimum atomic E-state index is -0.0711. The Labute approximate surface area is 178 Å². The highest BCUT2D eigenvalue weighted by Crippen LogP contribution is 2.24. The summed E-state index contributed by atoms with van der Waals surface area (Å²) < 4.78 is 0. The Balaban J connectivity index is 1.96. The summed E-state index contributed by atoms with van der Waals surface area (Å²) in [5.41, 5.74) is 5.04. The number of aromatic amines is 1. The number of nitrogens with zero attached hydrogens (tertiary/aromatic N) is 2. The average molecular weight is 400 g/mol. The van der Waals surface area contributed by atoms with E-state index in [4.69, 9.17) is 4.98 Å². The molecule has 1 heterocycles. The second-order valence-electron chi connectivity index (χ2n) is 7.67. The summed E-state index contributed by atoms with van der Waals surface area (Å²) in [6.07, 6.45) is 6.12. The van der Waals surface area contributed by atoms with Gasteiger partial charge in [0.05, 0.1) is 17.3 Å². The van der Waals surface area contributed by atoms with Gasteiger partial charge in [0.2, 0.25) is 0 Å². The molecule has 0 bridgehead atoms. The first-order valence-electron chi connectivity index (χ1n) is 10.9. The molecule has 0 saturated heterocycles. The van der Waals surface area contributed by atoms with Gasteiger partial charge in [-0.15, -0.1) is 0 Å². The van der Waals surface area contributed by atoms with E-state index in [1.165, 1.54) is 0 Å². The van der Waals surface area contributed by atoms with E-state index in [0.29, 0.717) is 17.5 Å². The van der Waals surface area contributed by atoms with Crippen LogP contribution in [0.5, 0.6) is 0 Å². The lowest BCUT2D eigenvalue weighted by Gasteiger charge is -2.12. The summed E-state index contributed by atoms with van der Waals surface area (Å²) in [5, 5.41) is 9.74. The summed E-state index contributed by atoms with van der Waals surface area (Å²) in [6, 6.07) is 18.2. The molecule has 0 saturated carbocycles. The number of aryl methyl sites for hydroxylation is 2. The first-order chi connectivity index (χ1) is 14.7. The van der Waals surface area contributed by atoms with Crippen LogP contribution in [0.15, 0.2) is 53.3 Å². The maximum atomic E-state index is 12.9. The lowest BCUT2D eigenvalue weighted by molar-refractivity contribution is 0.710. The van der Waals surface area contributed by atoms with Crippen molar-refractivity contribution in [3.05, 3.63) is 87.1 Å². The Morgan fingerprint density at radius 2 is 1.70 bits per heavy atom. The Morgan fingerprint density at radius 1 is 0.967 bits per heavy atom. The molecule has 3 aromatic rings. The SMILES string of the molecule is CCCCc1nc(CCCC)c(Cc2ccc(-c3ccccc3)cc2C#N)c(=O)[nH]1. The molecule has 0 spiro atoms. The van der Waals surface area contributed by atoms with Gasteiger partial charge in [0.15, 0.2) is 0 Å². The molecule has 0 amide bonds. The Hall–Kier alpha value is -3.19. The maximum Gasteiger partial charge on any atom is 0.254 e. The van der Waals surface area contributed by atoms with Crippen molar-refractivity contribution in [3.63, 3.8) is 0 Å². The van der Waals surface area contributed by atoms with Crippen molar-refractivity contribution in [2.24, 2.45) is 0 Å². The Bertz CT molecular complexity index is 1080. The van der Waals surface area contributed by atoms with Gasteiger partial charge in [-0.05, 0) is 42.0 Å². The highest BCUT2D eigenvalue weighted by Gasteiger charge is 2.15. The Kier molecular flexibility index (Phi) is 7.57. The van der Waals surface area contributed by atoms with Gasteiger partial charge in [0.1, 0.15) is 5.82 Å². The third-order valence-electron chi connectivity index (χ3n) is 5.39. The number of benzene rings is 2. The molecule has 3 rings (SSSR count). The van der Waals surface area contributed by atoms with E-state index < -0.39 is 0 Å². The van der Waals surface area contributed by atoms with Crippen LogP contribution < -0.4 is 5.56 Å². The predicted molar refractivity (Wildman–Crippen MR) is 121 cm³/mol. The third-order valence-corrected chi connectivity index (χ3v) is 5.39. The molecule has 154 valence electrons. The molecule has 2 aromatic carbocycles. The highest BCUT2D eigenvalue weighted by molar-refractivity contribution is 5.66. The third kappa shape index (κ3) is 5.24. The minimum absolute atomic E-state index is 0.0711. The van der Waals surface area contributed by atoms with Crippen LogP contribution in [0.4, 0.5) is 0 Å². The Morgan fingerprint density at radius 3 is 2.40 bits per heavy atom. The van der Waals surface area contributed by atoms with Crippen molar-refractivity contribution in [2.45, 2.75) is 58.8 Å². The number of hydrogen-bond acceptors (Lipinski definition) is 3. The minimum Gasteiger partial charge on any atom is -0.310 e. The fraction of sp³-hybridized carbons (Fsp3) is 0.346. The van der Waals surface area contributed by atoms with E-state index in [1.54, 1.807) is 0 Å². The average Bonchev–Trinajstić information content (AvgIpc) is 2.78. The summed E-state index contributed by atoms with van der Waals surface area (Å²) in [6.45, 7) is 4.27. The largest absolute Gasteiger partial charge is 0.310 e. The van der Waals surface area contributed by atoms with Gasteiger partial charge in [-0.3, -0.25) is 4.79 Å². The van der Waals surface area contributed by atoms with Gasteiger partial charge in [0, 0.05) is 18.4 Å². The number of nitriles is 1. The lowest BCUT2D eigenvalue weighted by atomic mass is 9.95. The standard InChI is InChI=1S/C26H29N3O/c1-3-5-12-24-23(26(30)29-25(28-24)13-6-4-2)17-21-15-14-20(16-22(21)18-27)19-10-8-7-9-11-19/h7-11,14-16H,3-6,12-13,17H2,1-2H3,(H,28,29,30). The number of unbranched alkanes of at least 4 members (excludes halogenated alkanes) is 2. The van der Waals surface area contributed by atoms with Crippen molar-refractivity contribution in [1.29, 1.82) is 5.26 Å². The molecular formula is C26H29N3O. The van der Waals surface area contributed by atoms with Gasteiger partial charge in [-0.1, -0.05) is 69.2 Å². The second-order valence-corrected chi connectivity index (χ2v) is 7.67. The van der Waals surface area contributed by atoms with Gasteiger partial charge in [0.25, 0.3) is 5.56 Å². The molecule has 4 heteroatoms. The van der Waals surface area contributed by atoms with Crippen LogP contribution in [0.25, 0.3) is 11.1 Å². The van der Waals surface area contributed by atoms with Crippen LogP contribution >= 0.6 is 0 Å². The molecule has 0 atom stereocenters. The number of nitrogens with one attached hydrogen (secondary N) is 1. The van der Waals surface area contributed by atoms with E-state index >= 15 is 0 Å². The lowest BCUT2D eigenvalue weighted by Crippen LogP contribution is -2.21. The van der Waals surface area contributed by atoms with Crippen LogP contribution in [0.2, 0.25) is 0 Å². The quantitative estimate of drug-likeness (QED) is 0.510. The van der Waals surface area contributed by atoms with Gasteiger partial charge >= 0.3 is 0 Å². The number of rotatable bonds is 9. The van der Waals surface area contributed by atoms with E-state index in [2.05, 4.69) is 24.9 Å². The number of hydrogen-bond donors (Lipinski definition) is 1. The molecule has 0 aliphatic rings. The number of H-pyrrole nitrogens is 1. The molecule has 4 nitrogen and oxygen atoms in total. The van der Waals surface area contributed by atoms with Crippen LogP contribution in [0, 0.1) is 11.3 Å². The number of aromatic nitrogens is 2. The van der Waals surface area contributed by atoms with E-state index in [9.17, 15) is 10.1 Å². The molecule has 1 N–H and O–H groups in total. The molecule has 0 fully saturated rings. The molecule has 0 radical (unpaired) electrons.